The fourth-order valence-electron chi connectivity index (χ4n) is 2.23. The van der Waals surface area contributed by atoms with Gasteiger partial charge in [0.05, 0.1) is 5.56 Å². The second kappa shape index (κ2) is 7.81. The molecule has 3 aromatic carbocycles. The molecule has 3 aromatic rings. The third-order valence-corrected chi connectivity index (χ3v) is 3.80. The molecule has 3 nitrogen and oxygen atoms in total. The molecule has 0 atom stereocenters. The van der Waals surface area contributed by atoms with E-state index in [9.17, 15) is 9.18 Å². The Morgan fingerprint density at radius 1 is 0.960 bits per heavy atom. The zero-order valence-electron chi connectivity index (χ0n) is 13.2. The van der Waals surface area contributed by atoms with Crippen molar-refractivity contribution in [3.8, 4) is 5.75 Å². The topological polar surface area (TPSA) is 38.3 Å². The summed E-state index contributed by atoms with van der Waals surface area (Å²) in [6, 6.07) is 20.1. The second-order valence-corrected chi connectivity index (χ2v) is 5.81. The van der Waals surface area contributed by atoms with Crippen molar-refractivity contribution in [2.75, 3.05) is 5.32 Å². The smallest absolute Gasteiger partial charge is 0.258 e. The first-order chi connectivity index (χ1) is 12.1. The van der Waals surface area contributed by atoms with Crippen LogP contribution in [0.5, 0.6) is 5.75 Å². The molecule has 0 aliphatic rings. The first-order valence-electron chi connectivity index (χ1n) is 7.65. The summed E-state index contributed by atoms with van der Waals surface area (Å²) in [5, 5.41) is 3.34. The standard InChI is InChI=1S/C20H15ClFNO2/c21-15-7-5-14(6-8-15)13-25-17-11-9-16(10-12-17)23-20(24)18-3-1-2-4-19(18)22/h1-12H,13H2,(H,23,24). The fraction of sp³-hybridized carbons (Fsp3) is 0.0500. The van der Waals surface area contributed by atoms with Gasteiger partial charge in [0, 0.05) is 10.7 Å². The van der Waals surface area contributed by atoms with E-state index in [0.29, 0.717) is 23.1 Å². The molecule has 0 spiro atoms. The van der Waals surface area contributed by atoms with Gasteiger partial charge in [0.25, 0.3) is 5.91 Å². The van der Waals surface area contributed by atoms with Crippen molar-refractivity contribution in [3.63, 3.8) is 0 Å². The number of nitrogens with one attached hydrogen (secondary N) is 1. The maximum Gasteiger partial charge on any atom is 0.258 e. The van der Waals surface area contributed by atoms with Gasteiger partial charge in [-0.25, -0.2) is 4.39 Å². The highest BCUT2D eigenvalue weighted by atomic mass is 35.5. The lowest BCUT2D eigenvalue weighted by atomic mass is 10.2. The molecule has 0 saturated carbocycles. The fourth-order valence-corrected chi connectivity index (χ4v) is 2.35. The maximum absolute atomic E-state index is 13.6. The largest absolute Gasteiger partial charge is 0.489 e. The molecule has 0 bridgehead atoms. The molecular formula is C20H15ClFNO2. The van der Waals surface area contributed by atoms with Crippen molar-refractivity contribution < 1.29 is 13.9 Å². The van der Waals surface area contributed by atoms with Gasteiger partial charge in [-0.05, 0) is 54.1 Å². The van der Waals surface area contributed by atoms with Crippen LogP contribution in [-0.4, -0.2) is 5.91 Å². The summed E-state index contributed by atoms with van der Waals surface area (Å²) < 4.78 is 19.3. The van der Waals surface area contributed by atoms with Crippen LogP contribution < -0.4 is 10.1 Å². The maximum atomic E-state index is 13.6. The summed E-state index contributed by atoms with van der Waals surface area (Å²) in [5.41, 5.74) is 1.57. The van der Waals surface area contributed by atoms with E-state index in [1.165, 1.54) is 12.1 Å². The Labute approximate surface area is 150 Å². The van der Waals surface area contributed by atoms with Crippen molar-refractivity contribution >= 4 is 23.2 Å². The number of carbonyl (C=O) groups excluding carboxylic acids is 1. The molecule has 1 N–H and O–H groups in total. The van der Waals surface area contributed by atoms with E-state index >= 15 is 0 Å². The first kappa shape index (κ1) is 17.0. The minimum Gasteiger partial charge on any atom is -0.489 e. The average Bonchev–Trinajstić information content (AvgIpc) is 2.63. The molecule has 0 aliphatic carbocycles. The molecule has 25 heavy (non-hydrogen) atoms. The normalized spacial score (nSPS) is 10.3. The van der Waals surface area contributed by atoms with Crippen molar-refractivity contribution in [2.24, 2.45) is 0 Å². The monoisotopic (exact) mass is 355 g/mol. The van der Waals surface area contributed by atoms with Gasteiger partial charge in [0.15, 0.2) is 0 Å². The lowest BCUT2D eigenvalue weighted by molar-refractivity contribution is 0.102. The third kappa shape index (κ3) is 4.58. The molecule has 0 unspecified atom stereocenters. The van der Waals surface area contributed by atoms with Crippen LogP contribution in [0, 0.1) is 5.82 Å². The zero-order valence-corrected chi connectivity index (χ0v) is 14.0. The lowest BCUT2D eigenvalue weighted by Crippen LogP contribution is -2.13. The van der Waals surface area contributed by atoms with E-state index in [4.69, 9.17) is 16.3 Å². The molecular weight excluding hydrogens is 341 g/mol. The van der Waals surface area contributed by atoms with Gasteiger partial charge in [-0.15, -0.1) is 0 Å². The SMILES string of the molecule is O=C(Nc1ccc(OCc2ccc(Cl)cc2)cc1)c1ccccc1F. The summed E-state index contributed by atoms with van der Waals surface area (Å²) in [6.07, 6.45) is 0. The van der Waals surface area contributed by atoms with Crippen LogP contribution in [0.25, 0.3) is 0 Å². The van der Waals surface area contributed by atoms with Crippen LogP contribution in [0.3, 0.4) is 0 Å². The van der Waals surface area contributed by atoms with E-state index in [-0.39, 0.29) is 5.56 Å². The van der Waals surface area contributed by atoms with Crippen LogP contribution >= 0.6 is 11.6 Å². The van der Waals surface area contributed by atoms with Crippen LogP contribution in [-0.2, 0) is 6.61 Å². The van der Waals surface area contributed by atoms with Crippen LogP contribution in [0.2, 0.25) is 5.02 Å². The van der Waals surface area contributed by atoms with Gasteiger partial charge < -0.3 is 10.1 Å². The summed E-state index contributed by atoms with van der Waals surface area (Å²) in [5.74, 6) is -0.380. The Balaban J connectivity index is 1.59. The van der Waals surface area contributed by atoms with Crippen molar-refractivity contribution in [1.82, 2.24) is 0 Å². The van der Waals surface area contributed by atoms with Gasteiger partial charge in [0.2, 0.25) is 0 Å². The van der Waals surface area contributed by atoms with E-state index in [0.717, 1.165) is 5.56 Å². The van der Waals surface area contributed by atoms with Crippen LogP contribution in [0.15, 0.2) is 72.8 Å². The summed E-state index contributed by atoms with van der Waals surface area (Å²) >= 11 is 5.84. The Morgan fingerprint density at radius 3 is 2.32 bits per heavy atom. The molecule has 126 valence electrons. The Morgan fingerprint density at radius 2 is 1.64 bits per heavy atom. The number of amides is 1. The minimum atomic E-state index is -0.553. The number of halogens is 2. The molecule has 0 fully saturated rings. The average molecular weight is 356 g/mol. The number of carbonyl (C=O) groups is 1. The van der Waals surface area contributed by atoms with Crippen molar-refractivity contribution in [2.45, 2.75) is 6.61 Å². The summed E-state index contributed by atoms with van der Waals surface area (Å²) in [7, 11) is 0. The highest BCUT2D eigenvalue weighted by Crippen LogP contribution is 2.19. The van der Waals surface area contributed by atoms with Crippen molar-refractivity contribution in [1.29, 1.82) is 0 Å². The predicted molar refractivity (Wildman–Crippen MR) is 96.6 cm³/mol. The van der Waals surface area contributed by atoms with E-state index in [1.54, 1.807) is 36.4 Å². The molecule has 0 aromatic heterocycles. The number of hydrogen-bond acceptors (Lipinski definition) is 2. The van der Waals surface area contributed by atoms with E-state index in [1.807, 2.05) is 24.3 Å². The van der Waals surface area contributed by atoms with Gasteiger partial charge in [-0.3, -0.25) is 4.79 Å². The second-order valence-electron chi connectivity index (χ2n) is 5.37. The quantitative estimate of drug-likeness (QED) is 0.673. The Kier molecular flexibility index (Phi) is 5.31. The van der Waals surface area contributed by atoms with Gasteiger partial charge in [-0.1, -0.05) is 35.9 Å². The Hall–Kier alpha value is -2.85. The molecule has 0 heterocycles. The van der Waals surface area contributed by atoms with E-state index in [2.05, 4.69) is 5.32 Å². The third-order valence-electron chi connectivity index (χ3n) is 3.55. The highest BCUT2D eigenvalue weighted by molar-refractivity contribution is 6.30. The predicted octanol–water partition coefficient (Wildman–Crippen LogP) is 5.31. The molecule has 3 rings (SSSR count). The molecule has 0 aliphatic heterocycles. The molecule has 1 amide bonds. The van der Waals surface area contributed by atoms with Gasteiger partial charge >= 0.3 is 0 Å². The van der Waals surface area contributed by atoms with Gasteiger partial charge in [-0.2, -0.15) is 0 Å². The summed E-state index contributed by atoms with van der Waals surface area (Å²) in [6.45, 7) is 0.415. The zero-order chi connectivity index (χ0) is 17.6. The van der Waals surface area contributed by atoms with Crippen molar-refractivity contribution in [3.05, 3.63) is 94.8 Å². The molecule has 5 heteroatoms. The Bertz CT molecular complexity index is 864. The minimum absolute atomic E-state index is 0.00515. The molecule has 0 saturated heterocycles. The van der Waals surface area contributed by atoms with Crippen LogP contribution in [0.4, 0.5) is 10.1 Å². The van der Waals surface area contributed by atoms with E-state index < -0.39 is 11.7 Å². The number of benzene rings is 3. The number of ether oxygens (including phenoxy) is 1. The lowest BCUT2D eigenvalue weighted by Gasteiger charge is -2.09. The first-order valence-corrected chi connectivity index (χ1v) is 8.03. The van der Waals surface area contributed by atoms with Crippen LogP contribution in [0.1, 0.15) is 15.9 Å². The van der Waals surface area contributed by atoms with Gasteiger partial charge in [0.1, 0.15) is 18.2 Å². The number of anilines is 1. The number of rotatable bonds is 5. The summed E-state index contributed by atoms with van der Waals surface area (Å²) in [4.78, 5) is 12.1. The molecule has 0 radical (unpaired) electrons. The number of hydrogen-bond donors (Lipinski definition) is 1. The highest BCUT2D eigenvalue weighted by Gasteiger charge is 2.10.